The minimum absolute atomic E-state index is 0.177. The molecular formula is C22H24N2O4S. The largest absolute Gasteiger partial charge is 0.494 e. The molecule has 1 aromatic heterocycles. The van der Waals surface area contributed by atoms with Crippen molar-refractivity contribution < 1.29 is 19.1 Å². The van der Waals surface area contributed by atoms with Crippen molar-refractivity contribution in [3.8, 4) is 11.8 Å². The summed E-state index contributed by atoms with van der Waals surface area (Å²) in [6.45, 7) is 0.0450. The average molecular weight is 413 g/mol. The van der Waals surface area contributed by atoms with Crippen LogP contribution in [0.4, 0.5) is 5.00 Å². The highest BCUT2D eigenvalue weighted by Crippen LogP contribution is 2.36. The molecule has 0 saturated heterocycles. The zero-order chi connectivity index (χ0) is 20.5. The molecule has 0 atom stereocenters. The SMILES string of the molecule is N#Cc1c(NC(=O)COC(=O)CCCOc2ccccc2)sc2c1CCCCC2. The smallest absolute Gasteiger partial charge is 0.306 e. The first kappa shape index (κ1) is 20.9. The van der Waals surface area contributed by atoms with Gasteiger partial charge in [-0.05, 0) is 49.8 Å². The number of ether oxygens (including phenoxy) is 2. The number of nitrogens with one attached hydrogen (secondary N) is 1. The molecule has 0 aliphatic heterocycles. The van der Waals surface area contributed by atoms with Gasteiger partial charge in [0, 0.05) is 11.3 Å². The van der Waals surface area contributed by atoms with Gasteiger partial charge < -0.3 is 14.8 Å². The zero-order valence-corrected chi connectivity index (χ0v) is 17.1. The van der Waals surface area contributed by atoms with Crippen LogP contribution in [-0.4, -0.2) is 25.1 Å². The first-order valence-electron chi connectivity index (χ1n) is 9.85. The van der Waals surface area contributed by atoms with Crippen molar-refractivity contribution in [2.45, 2.75) is 44.9 Å². The van der Waals surface area contributed by atoms with E-state index in [-0.39, 0.29) is 13.0 Å². The standard InChI is InChI=1S/C22H24N2O4S/c23-14-18-17-10-5-2-6-11-19(17)29-22(18)24-20(25)15-28-21(26)12-7-13-27-16-8-3-1-4-9-16/h1,3-4,8-9H,2,5-7,10-13,15H2,(H,24,25). The number of hydrogen-bond acceptors (Lipinski definition) is 6. The van der Waals surface area contributed by atoms with Crippen LogP contribution >= 0.6 is 11.3 Å². The van der Waals surface area contributed by atoms with Gasteiger partial charge in [-0.1, -0.05) is 24.6 Å². The second-order valence-corrected chi connectivity index (χ2v) is 7.96. The first-order chi connectivity index (χ1) is 14.2. The van der Waals surface area contributed by atoms with Gasteiger partial charge in [0.05, 0.1) is 12.2 Å². The molecule has 152 valence electrons. The Morgan fingerprint density at radius 3 is 2.72 bits per heavy atom. The van der Waals surface area contributed by atoms with E-state index in [0.717, 1.165) is 37.0 Å². The summed E-state index contributed by atoms with van der Waals surface area (Å²) >= 11 is 1.47. The molecule has 29 heavy (non-hydrogen) atoms. The van der Waals surface area contributed by atoms with Crippen LogP contribution in [0.15, 0.2) is 30.3 Å². The Labute approximate surface area is 174 Å². The van der Waals surface area contributed by atoms with Crippen LogP contribution in [0.2, 0.25) is 0 Å². The van der Waals surface area contributed by atoms with Crippen molar-refractivity contribution in [3.63, 3.8) is 0 Å². The second kappa shape index (κ2) is 10.6. The zero-order valence-electron chi connectivity index (χ0n) is 16.2. The van der Waals surface area contributed by atoms with Crippen molar-refractivity contribution in [3.05, 3.63) is 46.3 Å². The third kappa shape index (κ3) is 6.06. The minimum Gasteiger partial charge on any atom is -0.494 e. The van der Waals surface area contributed by atoms with Crippen molar-refractivity contribution in [2.75, 3.05) is 18.5 Å². The lowest BCUT2D eigenvalue weighted by atomic mass is 10.1. The van der Waals surface area contributed by atoms with E-state index in [4.69, 9.17) is 9.47 Å². The molecule has 3 rings (SSSR count). The number of esters is 1. The highest BCUT2D eigenvalue weighted by atomic mass is 32.1. The molecule has 1 aromatic carbocycles. The van der Waals surface area contributed by atoms with Crippen molar-refractivity contribution in [1.82, 2.24) is 0 Å². The minimum atomic E-state index is -0.445. The van der Waals surface area contributed by atoms with Crippen molar-refractivity contribution in [1.29, 1.82) is 5.26 Å². The lowest BCUT2D eigenvalue weighted by molar-refractivity contribution is -0.147. The van der Waals surface area contributed by atoms with Gasteiger partial charge in [-0.3, -0.25) is 9.59 Å². The van der Waals surface area contributed by atoms with Gasteiger partial charge in [-0.15, -0.1) is 11.3 Å². The number of anilines is 1. The summed E-state index contributed by atoms with van der Waals surface area (Å²) in [6, 6.07) is 11.6. The van der Waals surface area contributed by atoms with Crippen LogP contribution in [0.3, 0.4) is 0 Å². The quantitative estimate of drug-likeness (QED) is 0.398. The van der Waals surface area contributed by atoms with E-state index < -0.39 is 11.9 Å². The number of rotatable bonds is 8. The summed E-state index contributed by atoms with van der Waals surface area (Å²) < 4.78 is 10.6. The number of nitriles is 1. The summed E-state index contributed by atoms with van der Waals surface area (Å²) in [7, 11) is 0. The Morgan fingerprint density at radius 2 is 1.93 bits per heavy atom. The maximum atomic E-state index is 12.2. The topological polar surface area (TPSA) is 88.4 Å². The van der Waals surface area contributed by atoms with Gasteiger partial charge in [0.2, 0.25) is 0 Å². The Morgan fingerprint density at radius 1 is 1.14 bits per heavy atom. The molecule has 0 spiro atoms. The number of amides is 1. The summed E-state index contributed by atoms with van der Waals surface area (Å²) in [5.74, 6) is -0.117. The van der Waals surface area contributed by atoms with Gasteiger partial charge in [0.1, 0.15) is 16.8 Å². The van der Waals surface area contributed by atoms with E-state index in [0.29, 0.717) is 23.6 Å². The fraction of sp³-hybridized carbons (Fsp3) is 0.409. The van der Waals surface area contributed by atoms with Crippen LogP contribution in [0, 0.1) is 11.3 Å². The van der Waals surface area contributed by atoms with Gasteiger partial charge in [-0.2, -0.15) is 5.26 Å². The highest BCUT2D eigenvalue weighted by Gasteiger charge is 2.21. The molecule has 1 aliphatic rings. The Bertz CT molecular complexity index is 886. The van der Waals surface area contributed by atoms with Gasteiger partial charge in [0.15, 0.2) is 6.61 Å². The molecule has 1 amide bonds. The molecule has 0 saturated carbocycles. The first-order valence-corrected chi connectivity index (χ1v) is 10.7. The van der Waals surface area contributed by atoms with Gasteiger partial charge in [0.25, 0.3) is 5.91 Å². The fourth-order valence-electron chi connectivity index (χ4n) is 3.25. The van der Waals surface area contributed by atoms with Crippen LogP contribution in [0.25, 0.3) is 0 Å². The second-order valence-electron chi connectivity index (χ2n) is 6.85. The Kier molecular flexibility index (Phi) is 7.65. The molecule has 1 aliphatic carbocycles. The number of hydrogen-bond donors (Lipinski definition) is 1. The maximum absolute atomic E-state index is 12.2. The van der Waals surface area contributed by atoms with Gasteiger partial charge in [-0.25, -0.2) is 0 Å². The third-order valence-corrected chi connectivity index (χ3v) is 5.89. The number of carbonyl (C=O) groups excluding carboxylic acids is 2. The molecule has 0 bridgehead atoms. The van der Waals surface area contributed by atoms with Gasteiger partial charge >= 0.3 is 5.97 Å². The van der Waals surface area contributed by atoms with Crippen LogP contribution in [0.1, 0.15) is 48.1 Å². The molecule has 1 heterocycles. The number of benzene rings is 1. The molecule has 2 aromatic rings. The molecule has 0 radical (unpaired) electrons. The number of thiophene rings is 1. The van der Waals surface area contributed by atoms with Crippen LogP contribution in [0.5, 0.6) is 5.75 Å². The molecule has 7 heteroatoms. The lowest BCUT2D eigenvalue weighted by Gasteiger charge is -2.07. The highest BCUT2D eigenvalue weighted by molar-refractivity contribution is 7.16. The van der Waals surface area contributed by atoms with E-state index in [1.165, 1.54) is 22.6 Å². The molecule has 0 fully saturated rings. The lowest BCUT2D eigenvalue weighted by Crippen LogP contribution is -2.21. The van der Waals surface area contributed by atoms with Crippen LogP contribution in [-0.2, 0) is 27.2 Å². The summed E-state index contributed by atoms with van der Waals surface area (Å²) in [4.78, 5) is 25.2. The molecule has 1 N–H and O–H groups in total. The third-order valence-electron chi connectivity index (χ3n) is 4.69. The van der Waals surface area contributed by atoms with E-state index in [2.05, 4.69) is 11.4 Å². The maximum Gasteiger partial charge on any atom is 0.306 e. The summed E-state index contributed by atoms with van der Waals surface area (Å²) in [5, 5.41) is 12.8. The number of fused-ring (bicyclic) bond motifs is 1. The average Bonchev–Trinajstić information content (AvgIpc) is 2.89. The number of para-hydroxylation sites is 1. The monoisotopic (exact) mass is 412 g/mol. The summed E-state index contributed by atoms with van der Waals surface area (Å²) in [5.41, 5.74) is 1.63. The van der Waals surface area contributed by atoms with Crippen molar-refractivity contribution >= 4 is 28.2 Å². The van der Waals surface area contributed by atoms with E-state index in [1.807, 2.05) is 30.3 Å². The summed E-state index contributed by atoms with van der Waals surface area (Å²) in [6.07, 6.45) is 5.85. The molecular weight excluding hydrogens is 388 g/mol. The van der Waals surface area contributed by atoms with E-state index >= 15 is 0 Å². The molecule has 6 nitrogen and oxygen atoms in total. The molecule has 0 unspecified atom stereocenters. The van der Waals surface area contributed by atoms with E-state index in [1.54, 1.807) is 0 Å². The number of carbonyl (C=O) groups is 2. The number of aryl methyl sites for hydroxylation is 1. The number of nitrogens with zero attached hydrogens (tertiary/aromatic N) is 1. The van der Waals surface area contributed by atoms with Crippen molar-refractivity contribution in [2.24, 2.45) is 0 Å². The Hall–Kier alpha value is -2.85. The predicted octanol–water partition coefficient (Wildman–Crippen LogP) is 4.23. The Balaban J connectivity index is 1.41. The normalized spacial score (nSPS) is 12.9. The predicted molar refractivity (Wildman–Crippen MR) is 111 cm³/mol. The van der Waals surface area contributed by atoms with E-state index in [9.17, 15) is 14.9 Å². The van der Waals surface area contributed by atoms with Crippen LogP contribution < -0.4 is 10.1 Å². The fourth-order valence-corrected chi connectivity index (χ4v) is 4.51.